The van der Waals surface area contributed by atoms with Crippen molar-refractivity contribution in [3.05, 3.63) is 60.7 Å². The lowest BCUT2D eigenvalue weighted by molar-refractivity contribution is -0.670. The summed E-state index contributed by atoms with van der Waals surface area (Å²) in [6.07, 6.45) is 8.27. The molecule has 0 amide bonds. The van der Waals surface area contributed by atoms with E-state index in [-0.39, 0.29) is 0 Å². The molecule has 2 aromatic rings. The zero-order valence-electron chi connectivity index (χ0n) is 9.09. The molecule has 2 rings (SSSR count). The van der Waals surface area contributed by atoms with Crippen molar-refractivity contribution in [2.75, 3.05) is 0 Å². The van der Waals surface area contributed by atoms with Crippen LogP contribution in [-0.4, -0.2) is 4.57 Å². The van der Waals surface area contributed by atoms with Crippen LogP contribution in [0.2, 0.25) is 0 Å². The molecule has 1 aromatic carbocycles. The molecule has 0 saturated heterocycles. The Bertz CT molecular complexity index is 466. The molecule has 76 valence electrons. The summed E-state index contributed by atoms with van der Waals surface area (Å²) < 4.78 is 4.15. The highest BCUT2D eigenvalue weighted by atomic mass is 15.1. The fraction of sp³-hybridized carbons (Fsp3) is 0.154. The molecule has 2 heteroatoms. The number of nitrogens with zero attached hydrogens (tertiary/aromatic N) is 2. The summed E-state index contributed by atoms with van der Waals surface area (Å²) in [7, 11) is 2.02. The number of benzene rings is 1. The maximum Gasteiger partial charge on any atom is 0.248 e. The second kappa shape index (κ2) is 4.13. The van der Waals surface area contributed by atoms with Gasteiger partial charge < -0.3 is 0 Å². The van der Waals surface area contributed by atoms with Crippen LogP contribution in [0, 0.1) is 0 Å². The van der Waals surface area contributed by atoms with E-state index in [1.54, 1.807) is 0 Å². The van der Waals surface area contributed by atoms with Gasteiger partial charge in [0.1, 0.15) is 18.1 Å². The van der Waals surface area contributed by atoms with Gasteiger partial charge in [0, 0.05) is 5.56 Å². The Morgan fingerprint density at radius 2 is 2.00 bits per heavy atom. The monoisotopic (exact) mass is 199 g/mol. The van der Waals surface area contributed by atoms with Crippen LogP contribution in [0.4, 0.5) is 0 Å². The van der Waals surface area contributed by atoms with Gasteiger partial charge in [-0.3, -0.25) is 0 Å². The van der Waals surface area contributed by atoms with Gasteiger partial charge in [0.15, 0.2) is 0 Å². The van der Waals surface area contributed by atoms with Crippen molar-refractivity contribution in [3.63, 3.8) is 0 Å². The van der Waals surface area contributed by atoms with Crippen molar-refractivity contribution in [1.29, 1.82) is 0 Å². The molecule has 0 aliphatic carbocycles. The topological polar surface area (TPSA) is 8.81 Å². The van der Waals surface area contributed by atoms with E-state index in [2.05, 4.69) is 54.4 Å². The highest BCUT2D eigenvalue weighted by Gasteiger charge is 2.08. The van der Waals surface area contributed by atoms with E-state index in [9.17, 15) is 0 Å². The van der Waals surface area contributed by atoms with Gasteiger partial charge in [-0.25, -0.2) is 9.13 Å². The van der Waals surface area contributed by atoms with E-state index in [0.29, 0.717) is 0 Å². The highest BCUT2D eigenvalue weighted by Crippen LogP contribution is 2.15. The summed E-state index contributed by atoms with van der Waals surface area (Å²) in [5, 5.41) is 0. The SMILES string of the molecule is C/C=C(/c1ccccc1)n1cc[n+](C)c1. The predicted octanol–water partition coefficient (Wildman–Crippen LogP) is 2.22. The second-order valence-corrected chi connectivity index (χ2v) is 3.53. The fourth-order valence-electron chi connectivity index (χ4n) is 1.67. The minimum absolute atomic E-state index is 1.20. The van der Waals surface area contributed by atoms with Crippen LogP contribution in [0.1, 0.15) is 12.5 Å². The van der Waals surface area contributed by atoms with Gasteiger partial charge in [-0.1, -0.05) is 30.3 Å². The number of allylic oxidation sites excluding steroid dienone is 1. The lowest BCUT2D eigenvalue weighted by Gasteiger charge is -2.01. The van der Waals surface area contributed by atoms with Gasteiger partial charge in [0.2, 0.25) is 6.33 Å². The third-order valence-electron chi connectivity index (χ3n) is 2.39. The fourth-order valence-corrected chi connectivity index (χ4v) is 1.67. The van der Waals surface area contributed by atoms with Crippen LogP contribution in [0.3, 0.4) is 0 Å². The average Bonchev–Trinajstić information content (AvgIpc) is 2.68. The summed E-state index contributed by atoms with van der Waals surface area (Å²) >= 11 is 0. The number of hydrogen-bond acceptors (Lipinski definition) is 0. The molecule has 0 fully saturated rings. The standard InChI is InChI=1S/C13H15N2/c1-3-13(12-7-5-4-6-8-12)15-10-9-14(2)11-15/h3-11H,1-2H3/q+1/b13-3-. The zero-order valence-corrected chi connectivity index (χ0v) is 9.09. The van der Waals surface area contributed by atoms with Crippen molar-refractivity contribution in [2.24, 2.45) is 7.05 Å². The van der Waals surface area contributed by atoms with Crippen molar-refractivity contribution in [1.82, 2.24) is 4.57 Å². The molecule has 0 aliphatic heterocycles. The Labute approximate surface area is 90.1 Å². The molecule has 0 saturated carbocycles. The molecular formula is C13H15N2+. The first-order valence-corrected chi connectivity index (χ1v) is 5.06. The van der Waals surface area contributed by atoms with E-state index in [1.165, 1.54) is 11.3 Å². The Hall–Kier alpha value is -1.83. The molecular weight excluding hydrogens is 184 g/mol. The van der Waals surface area contributed by atoms with Crippen LogP contribution >= 0.6 is 0 Å². The Kier molecular flexibility index (Phi) is 2.68. The Morgan fingerprint density at radius 1 is 1.27 bits per heavy atom. The van der Waals surface area contributed by atoms with Crippen molar-refractivity contribution >= 4 is 5.70 Å². The molecule has 0 radical (unpaired) electrons. The van der Waals surface area contributed by atoms with Crippen molar-refractivity contribution in [3.8, 4) is 0 Å². The second-order valence-electron chi connectivity index (χ2n) is 3.53. The highest BCUT2D eigenvalue weighted by molar-refractivity contribution is 5.65. The van der Waals surface area contributed by atoms with E-state index >= 15 is 0 Å². The summed E-state index contributed by atoms with van der Waals surface area (Å²) in [6, 6.07) is 10.4. The minimum atomic E-state index is 1.20. The largest absolute Gasteiger partial charge is 0.248 e. The average molecular weight is 199 g/mol. The van der Waals surface area contributed by atoms with Crippen LogP contribution in [0.15, 0.2) is 55.1 Å². The normalized spacial score (nSPS) is 11.7. The lowest BCUT2D eigenvalue weighted by Crippen LogP contribution is -2.23. The van der Waals surface area contributed by atoms with E-state index < -0.39 is 0 Å². The van der Waals surface area contributed by atoms with Gasteiger partial charge in [0.05, 0.1) is 7.05 Å². The first-order valence-electron chi connectivity index (χ1n) is 5.06. The molecule has 0 atom stereocenters. The molecule has 0 spiro atoms. The molecule has 0 bridgehead atoms. The van der Waals surface area contributed by atoms with Gasteiger partial charge in [-0.15, -0.1) is 0 Å². The van der Waals surface area contributed by atoms with Gasteiger partial charge in [-0.05, 0) is 13.0 Å². The molecule has 0 unspecified atom stereocenters. The molecule has 15 heavy (non-hydrogen) atoms. The van der Waals surface area contributed by atoms with Gasteiger partial charge >= 0.3 is 0 Å². The molecule has 2 nitrogen and oxygen atoms in total. The first kappa shape index (κ1) is 9.71. The number of aromatic nitrogens is 2. The molecule has 1 aromatic heterocycles. The maximum atomic E-state index is 2.12. The Morgan fingerprint density at radius 3 is 2.53 bits per heavy atom. The third-order valence-corrected chi connectivity index (χ3v) is 2.39. The predicted molar refractivity (Wildman–Crippen MR) is 61.1 cm³/mol. The van der Waals surface area contributed by atoms with E-state index in [0.717, 1.165) is 0 Å². The van der Waals surface area contributed by atoms with Gasteiger partial charge in [-0.2, -0.15) is 0 Å². The smallest absolute Gasteiger partial charge is 0.239 e. The summed E-state index contributed by atoms with van der Waals surface area (Å²) in [5.41, 5.74) is 2.44. The third kappa shape index (κ3) is 1.99. The minimum Gasteiger partial charge on any atom is -0.239 e. The molecule has 0 N–H and O–H groups in total. The summed E-state index contributed by atoms with van der Waals surface area (Å²) in [4.78, 5) is 0. The number of hydrogen-bond donors (Lipinski definition) is 0. The lowest BCUT2D eigenvalue weighted by atomic mass is 10.1. The van der Waals surface area contributed by atoms with Crippen molar-refractivity contribution in [2.45, 2.75) is 6.92 Å². The Balaban J connectivity index is 2.43. The molecule has 0 aliphatic rings. The number of imidazole rings is 1. The summed E-state index contributed by atoms with van der Waals surface area (Å²) in [5.74, 6) is 0. The van der Waals surface area contributed by atoms with Crippen LogP contribution in [-0.2, 0) is 7.05 Å². The summed E-state index contributed by atoms with van der Waals surface area (Å²) in [6.45, 7) is 2.06. The zero-order chi connectivity index (χ0) is 10.7. The van der Waals surface area contributed by atoms with Crippen LogP contribution < -0.4 is 4.57 Å². The van der Waals surface area contributed by atoms with Crippen molar-refractivity contribution < 1.29 is 4.57 Å². The quantitative estimate of drug-likeness (QED) is 0.656. The molecule has 1 heterocycles. The van der Waals surface area contributed by atoms with Gasteiger partial charge in [0.25, 0.3) is 0 Å². The van der Waals surface area contributed by atoms with Crippen LogP contribution in [0.25, 0.3) is 5.70 Å². The first-order chi connectivity index (χ1) is 7.31. The van der Waals surface area contributed by atoms with E-state index in [1.807, 2.05) is 23.9 Å². The maximum absolute atomic E-state index is 2.12. The van der Waals surface area contributed by atoms with Crippen LogP contribution in [0.5, 0.6) is 0 Å². The number of rotatable bonds is 2. The number of aryl methyl sites for hydroxylation is 1. The van der Waals surface area contributed by atoms with E-state index in [4.69, 9.17) is 0 Å².